The molecular formula is C19H17NO. The summed E-state index contributed by atoms with van der Waals surface area (Å²) in [6.45, 7) is 2.50. The lowest BCUT2D eigenvalue weighted by Gasteiger charge is -2.10. The van der Waals surface area contributed by atoms with Gasteiger partial charge >= 0.3 is 0 Å². The van der Waals surface area contributed by atoms with E-state index in [-0.39, 0.29) is 5.56 Å². The second kappa shape index (κ2) is 5.80. The fourth-order valence-electron chi connectivity index (χ4n) is 2.37. The van der Waals surface area contributed by atoms with Crippen molar-refractivity contribution in [1.82, 2.24) is 4.57 Å². The summed E-state index contributed by atoms with van der Waals surface area (Å²) >= 11 is 0. The van der Waals surface area contributed by atoms with Crippen LogP contribution in [-0.4, -0.2) is 4.57 Å². The van der Waals surface area contributed by atoms with Crippen LogP contribution in [0.25, 0.3) is 11.1 Å². The van der Waals surface area contributed by atoms with Crippen molar-refractivity contribution in [3.8, 4) is 11.1 Å². The summed E-state index contributed by atoms with van der Waals surface area (Å²) in [5.74, 6) is 0. The number of hydrogen-bond acceptors (Lipinski definition) is 1. The Labute approximate surface area is 125 Å². The van der Waals surface area contributed by atoms with E-state index in [9.17, 15) is 4.79 Å². The highest BCUT2D eigenvalue weighted by Crippen LogP contribution is 2.19. The molecule has 0 aliphatic carbocycles. The van der Waals surface area contributed by atoms with Crippen LogP contribution in [-0.2, 0) is 6.54 Å². The van der Waals surface area contributed by atoms with Gasteiger partial charge in [0.2, 0.25) is 0 Å². The van der Waals surface area contributed by atoms with Gasteiger partial charge in [-0.3, -0.25) is 4.79 Å². The lowest BCUT2D eigenvalue weighted by molar-refractivity contribution is 0.730. The van der Waals surface area contributed by atoms with Crippen molar-refractivity contribution >= 4 is 0 Å². The van der Waals surface area contributed by atoms with Crippen molar-refractivity contribution in [1.29, 1.82) is 0 Å². The van der Waals surface area contributed by atoms with Gasteiger partial charge < -0.3 is 4.57 Å². The average molecular weight is 276 g/mol. The molecule has 0 saturated carbocycles. The van der Waals surface area contributed by atoms with Gasteiger partial charge in [0, 0.05) is 11.8 Å². The molecule has 2 heteroatoms. The summed E-state index contributed by atoms with van der Waals surface area (Å²) in [5, 5.41) is 0. The maximum Gasteiger partial charge on any atom is 0.251 e. The van der Waals surface area contributed by atoms with Gasteiger partial charge in [0.1, 0.15) is 0 Å². The van der Waals surface area contributed by atoms with Crippen LogP contribution in [0, 0.1) is 6.92 Å². The first-order chi connectivity index (χ1) is 10.6. The molecule has 2 aromatic carbocycles. The average Bonchev–Trinajstić information content (AvgIpc) is 2.52. The molecule has 0 unspecified atom stereocenters. The Kier molecular flexibility index (Phi) is 3.35. The molecule has 0 fully saturated rings. The highest BCUT2D eigenvalue weighted by molar-refractivity contribution is 5.63. The molecule has 0 saturated heterocycles. The van der Waals surface area contributed by atoms with Crippen LogP contribution < -0.4 is 5.56 Å². The fraction of sp³-hybridized carbons (Fsp3) is 0.105. The summed E-state index contributed by atoms with van der Waals surface area (Å²) in [7, 11) is 0. The Morgan fingerprint density at radius 2 is 1.71 bits per heavy atom. The van der Waals surface area contributed by atoms with Gasteiger partial charge in [0.05, 0.1) is 7.92 Å². The van der Waals surface area contributed by atoms with Gasteiger partial charge in [-0.1, -0.05) is 60.6 Å². The maximum atomic E-state index is 11.9. The first kappa shape index (κ1) is 12.2. The third-order valence-electron chi connectivity index (χ3n) is 3.58. The largest absolute Gasteiger partial charge is 0.309 e. The number of pyridine rings is 1. The zero-order valence-electron chi connectivity index (χ0n) is 12.9. The molecule has 1 aromatic heterocycles. The third kappa shape index (κ3) is 2.95. The van der Waals surface area contributed by atoms with Gasteiger partial charge in [-0.05, 0) is 29.7 Å². The van der Waals surface area contributed by atoms with E-state index < -0.39 is 0 Å². The Balaban J connectivity index is 1.89. The molecule has 0 radical (unpaired) electrons. The van der Waals surface area contributed by atoms with E-state index >= 15 is 0 Å². The van der Waals surface area contributed by atoms with Gasteiger partial charge in [0.15, 0.2) is 0 Å². The first-order valence-corrected chi connectivity index (χ1v) is 6.96. The molecule has 3 aromatic rings. The van der Waals surface area contributed by atoms with Crippen LogP contribution in [0.3, 0.4) is 0 Å². The summed E-state index contributed by atoms with van der Waals surface area (Å²) in [4.78, 5) is 11.9. The van der Waals surface area contributed by atoms with Gasteiger partial charge in [0.25, 0.3) is 5.56 Å². The fourth-order valence-corrected chi connectivity index (χ4v) is 2.37. The van der Waals surface area contributed by atoms with Crippen LogP contribution >= 0.6 is 0 Å². The smallest absolute Gasteiger partial charge is 0.251 e. The number of benzene rings is 2. The monoisotopic (exact) mass is 276 g/mol. The molecule has 21 heavy (non-hydrogen) atoms. The van der Waals surface area contributed by atoms with Crippen molar-refractivity contribution in [3.05, 3.63) is 94.4 Å². The second-order valence-corrected chi connectivity index (χ2v) is 5.06. The molecule has 0 bridgehead atoms. The standard InChI is InChI=1S/C19H17NO/c1-15-6-5-9-19(21)20(15)14-16-10-12-18(13-11-16)17-7-3-2-4-8-17/h2-13H,14H2,1H3/i7D. The summed E-state index contributed by atoms with van der Waals surface area (Å²) in [5.41, 5.74) is 3.98. The highest BCUT2D eigenvalue weighted by atomic mass is 16.1. The molecule has 0 N–H and O–H groups in total. The van der Waals surface area contributed by atoms with Crippen molar-refractivity contribution in [2.24, 2.45) is 0 Å². The van der Waals surface area contributed by atoms with Crippen LogP contribution in [0.2, 0.25) is 0 Å². The van der Waals surface area contributed by atoms with Crippen LogP contribution in [0.4, 0.5) is 0 Å². The minimum Gasteiger partial charge on any atom is -0.309 e. The van der Waals surface area contributed by atoms with Crippen molar-refractivity contribution in [2.75, 3.05) is 0 Å². The SMILES string of the molecule is [2H]c1ccccc1-c1ccc(Cn2c(C)cccc2=O)cc1. The third-order valence-corrected chi connectivity index (χ3v) is 3.58. The first-order valence-electron chi connectivity index (χ1n) is 7.46. The Morgan fingerprint density at radius 3 is 2.43 bits per heavy atom. The number of aromatic nitrogens is 1. The molecular weight excluding hydrogens is 258 g/mol. The van der Waals surface area contributed by atoms with Gasteiger partial charge in [-0.2, -0.15) is 0 Å². The number of aryl methyl sites for hydroxylation is 1. The van der Waals surface area contributed by atoms with Crippen LogP contribution in [0.15, 0.2) is 77.6 Å². The van der Waals surface area contributed by atoms with E-state index in [1.54, 1.807) is 22.8 Å². The van der Waals surface area contributed by atoms with E-state index in [1.165, 1.54) is 0 Å². The molecule has 104 valence electrons. The minimum absolute atomic E-state index is 0.0144. The number of rotatable bonds is 3. The lowest BCUT2D eigenvalue weighted by atomic mass is 10.0. The number of hydrogen-bond donors (Lipinski definition) is 0. The Morgan fingerprint density at radius 1 is 0.905 bits per heavy atom. The predicted molar refractivity (Wildman–Crippen MR) is 86.4 cm³/mol. The second-order valence-electron chi connectivity index (χ2n) is 5.06. The molecule has 0 spiro atoms. The Bertz CT molecular complexity index is 850. The summed E-state index contributed by atoms with van der Waals surface area (Å²) in [6, 6.07) is 21.4. The molecule has 0 atom stereocenters. The van der Waals surface area contributed by atoms with Crippen LogP contribution in [0.1, 0.15) is 12.6 Å². The van der Waals surface area contributed by atoms with E-state index in [4.69, 9.17) is 1.37 Å². The van der Waals surface area contributed by atoms with Crippen molar-refractivity contribution in [3.63, 3.8) is 0 Å². The van der Waals surface area contributed by atoms with Crippen LogP contribution in [0.5, 0.6) is 0 Å². The van der Waals surface area contributed by atoms with E-state index in [1.807, 2.05) is 55.5 Å². The van der Waals surface area contributed by atoms with Gasteiger partial charge in [-0.25, -0.2) is 0 Å². The normalized spacial score (nSPS) is 11.2. The lowest BCUT2D eigenvalue weighted by Crippen LogP contribution is -2.21. The summed E-state index contributed by atoms with van der Waals surface area (Å²) < 4.78 is 9.71. The molecule has 0 aliphatic rings. The molecule has 3 rings (SSSR count). The zero-order valence-corrected chi connectivity index (χ0v) is 11.9. The molecule has 2 nitrogen and oxygen atoms in total. The van der Waals surface area contributed by atoms with Gasteiger partial charge in [-0.15, -0.1) is 0 Å². The van der Waals surface area contributed by atoms with E-state index in [0.717, 1.165) is 22.4 Å². The topological polar surface area (TPSA) is 22.0 Å². The molecule has 0 aliphatic heterocycles. The predicted octanol–water partition coefficient (Wildman–Crippen LogP) is 3.87. The number of nitrogens with zero attached hydrogens (tertiary/aromatic N) is 1. The summed E-state index contributed by atoms with van der Waals surface area (Å²) in [6.07, 6.45) is 0. The minimum atomic E-state index is 0.0144. The highest BCUT2D eigenvalue weighted by Gasteiger charge is 2.02. The zero-order chi connectivity index (χ0) is 15.5. The van der Waals surface area contributed by atoms with Crippen molar-refractivity contribution in [2.45, 2.75) is 13.5 Å². The molecule has 0 amide bonds. The molecule has 1 heterocycles. The quantitative estimate of drug-likeness (QED) is 0.711. The Hall–Kier alpha value is -2.61. The van der Waals surface area contributed by atoms with Crippen molar-refractivity contribution < 1.29 is 1.37 Å². The van der Waals surface area contributed by atoms with E-state index in [2.05, 4.69) is 0 Å². The van der Waals surface area contributed by atoms with E-state index in [0.29, 0.717) is 12.6 Å². The maximum absolute atomic E-state index is 11.9.